The summed E-state index contributed by atoms with van der Waals surface area (Å²) in [4.78, 5) is 12.2. The number of nitrogens with one attached hydrogen (secondary N) is 1. The molecule has 2 rings (SSSR count). The minimum Gasteiger partial charge on any atom is -0.496 e. The molecule has 0 aliphatic heterocycles. The molecule has 0 heterocycles. The Morgan fingerprint density at radius 3 is 2.48 bits per heavy atom. The van der Waals surface area contributed by atoms with Crippen LogP contribution < -0.4 is 10.1 Å². The minimum atomic E-state index is -0.0689. The second-order valence-electron chi connectivity index (χ2n) is 5.45. The Morgan fingerprint density at radius 1 is 1.09 bits per heavy atom. The average molecular weight is 313 g/mol. The highest BCUT2D eigenvalue weighted by atomic mass is 16.5. The number of carbonyl (C=O) groups excluding carboxylic acids is 1. The molecule has 2 aromatic carbocycles. The predicted molar refractivity (Wildman–Crippen MR) is 90.9 cm³/mol. The van der Waals surface area contributed by atoms with Gasteiger partial charge in [0.25, 0.3) is 5.91 Å². The van der Waals surface area contributed by atoms with Gasteiger partial charge in [0, 0.05) is 19.2 Å². The van der Waals surface area contributed by atoms with Gasteiger partial charge < -0.3 is 14.8 Å². The highest BCUT2D eigenvalue weighted by Gasteiger charge is 2.07. The maximum Gasteiger partial charge on any atom is 0.251 e. The summed E-state index contributed by atoms with van der Waals surface area (Å²) in [7, 11) is 3.31. The number of aryl methyl sites for hydroxylation is 1. The lowest BCUT2D eigenvalue weighted by Crippen LogP contribution is -2.25. The number of carbonyl (C=O) groups is 1. The molecule has 4 nitrogen and oxygen atoms in total. The van der Waals surface area contributed by atoms with Crippen LogP contribution in [0.3, 0.4) is 0 Å². The molecule has 0 atom stereocenters. The van der Waals surface area contributed by atoms with E-state index in [-0.39, 0.29) is 5.91 Å². The van der Waals surface area contributed by atoms with Crippen molar-refractivity contribution in [1.82, 2.24) is 5.32 Å². The van der Waals surface area contributed by atoms with Crippen molar-refractivity contribution in [3.63, 3.8) is 0 Å². The molecule has 0 aromatic heterocycles. The first-order valence-electron chi connectivity index (χ1n) is 7.63. The molecule has 2 aromatic rings. The molecule has 0 bridgehead atoms. The van der Waals surface area contributed by atoms with Crippen molar-refractivity contribution in [2.75, 3.05) is 20.8 Å². The monoisotopic (exact) mass is 313 g/mol. The molecule has 0 unspecified atom stereocenters. The number of ether oxygens (including phenoxy) is 2. The predicted octanol–water partition coefficient (Wildman–Crippen LogP) is 3.12. The van der Waals surface area contributed by atoms with Crippen molar-refractivity contribution in [3.8, 4) is 5.75 Å². The van der Waals surface area contributed by atoms with Gasteiger partial charge in [-0.25, -0.2) is 0 Å². The Labute approximate surface area is 137 Å². The first kappa shape index (κ1) is 17.0. The lowest BCUT2D eigenvalue weighted by atomic mass is 10.1. The summed E-state index contributed by atoms with van der Waals surface area (Å²) in [6.07, 6.45) is 0.734. The van der Waals surface area contributed by atoms with E-state index in [4.69, 9.17) is 9.47 Å². The van der Waals surface area contributed by atoms with E-state index in [2.05, 4.69) is 11.4 Å². The second kappa shape index (κ2) is 8.34. The van der Waals surface area contributed by atoms with Crippen LogP contribution in [0.15, 0.2) is 42.5 Å². The fraction of sp³-hybridized carbons (Fsp3) is 0.316. The maximum atomic E-state index is 12.2. The van der Waals surface area contributed by atoms with Gasteiger partial charge in [0.1, 0.15) is 5.75 Å². The van der Waals surface area contributed by atoms with Crippen molar-refractivity contribution in [1.29, 1.82) is 0 Å². The summed E-state index contributed by atoms with van der Waals surface area (Å²) in [5.74, 6) is 0.786. The van der Waals surface area contributed by atoms with Gasteiger partial charge in [-0.3, -0.25) is 4.79 Å². The molecule has 0 saturated carbocycles. The molecule has 122 valence electrons. The molecule has 0 fully saturated rings. The van der Waals surface area contributed by atoms with Crippen LogP contribution in [-0.2, 0) is 17.8 Å². The SMILES string of the molecule is COCc1ccc(C(=O)NCCc2cc(C)ccc2OC)cc1. The summed E-state index contributed by atoms with van der Waals surface area (Å²) >= 11 is 0. The second-order valence-corrected chi connectivity index (χ2v) is 5.45. The van der Waals surface area contributed by atoms with Crippen LogP contribution in [-0.4, -0.2) is 26.7 Å². The van der Waals surface area contributed by atoms with E-state index in [0.717, 1.165) is 23.3 Å². The summed E-state index contributed by atoms with van der Waals surface area (Å²) in [5, 5.41) is 2.94. The molecule has 4 heteroatoms. The number of hydrogen-bond donors (Lipinski definition) is 1. The standard InChI is InChI=1S/C19H23NO3/c1-14-4-9-18(23-3)17(12-14)10-11-20-19(21)16-7-5-15(6-8-16)13-22-2/h4-9,12H,10-11,13H2,1-3H3,(H,20,21). The van der Waals surface area contributed by atoms with Crippen LogP contribution in [0, 0.1) is 6.92 Å². The van der Waals surface area contributed by atoms with E-state index in [9.17, 15) is 4.79 Å². The van der Waals surface area contributed by atoms with Gasteiger partial charge in [0.05, 0.1) is 13.7 Å². The summed E-state index contributed by atoms with van der Waals surface area (Å²) in [6.45, 7) is 3.16. The van der Waals surface area contributed by atoms with Crippen molar-refractivity contribution in [2.45, 2.75) is 20.0 Å². The first-order valence-corrected chi connectivity index (χ1v) is 7.63. The van der Waals surface area contributed by atoms with Crippen molar-refractivity contribution in [3.05, 3.63) is 64.7 Å². The smallest absolute Gasteiger partial charge is 0.251 e. The van der Waals surface area contributed by atoms with Crippen LogP contribution in [0.1, 0.15) is 27.0 Å². The van der Waals surface area contributed by atoms with Gasteiger partial charge in [-0.2, -0.15) is 0 Å². The number of hydrogen-bond acceptors (Lipinski definition) is 3. The van der Waals surface area contributed by atoms with Gasteiger partial charge in [-0.1, -0.05) is 29.8 Å². The van der Waals surface area contributed by atoms with Crippen LogP contribution >= 0.6 is 0 Å². The third-order valence-corrected chi connectivity index (χ3v) is 3.64. The molecule has 0 radical (unpaired) electrons. The van der Waals surface area contributed by atoms with E-state index in [1.54, 1.807) is 14.2 Å². The quantitative estimate of drug-likeness (QED) is 0.854. The first-order chi connectivity index (χ1) is 11.1. The number of rotatable bonds is 7. The summed E-state index contributed by atoms with van der Waals surface area (Å²) < 4.78 is 10.4. The highest BCUT2D eigenvalue weighted by Crippen LogP contribution is 2.19. The number of benzene rings is 2. The Balaban J connectivity index is 1.90. The Hall–Kier alpha value is -2.33. The lowest BCUT2D eigenvalue weighted by molar-refractivity contribution is 0.0954. The van der Waals surface area contributed by atoms with Crippen LogP contribution in [0.4, 0.5) is 0 Å². The lowest BCUT2D eigenvalue weighted by Gasteiger charge is -2.10. The summed E-state index contributed by atoms with van der Waals surface area (Å²) in [6, 6.07) is 13.5. The third kappa shape index (κ3) is 4.83. The zero-order chi connectivity index (χ0) is 16.7. The molecule has 0 aliphatic rings. The molecule has 0 spiro atoms. The Bertz CT molecular complexity index is 650. The normalized spacial score (nSPS) is 10.4. The average Bonchev–Trinajstić information content (AvgIpc) is 2.56. The third-order valence-electron chi connectivity index (χ3n) is 3.64. The number of amides is 1. The van der Waals surface area contributed by atoms with E-state index < -0.39 is 0 Å². The molecular weight excluding hydrogens is 290 g/mol. The van der Waals surface area contributed by atoms with Crippen molar-refractivity contribution in [2.24, 2.45) is 0 Å². The minimum absolute atomic E-state index is 0.0689. The van der Waals surface area contributed by atoms with Gasteiger partial charge in [-0.05, 0) is 42.7 Å². The molecule has 23 heavy (non-hydrogen) atoms. The van der Waals surface area contributed by atoms with E-state index in [0.29, 0.717) is 18.7 Å². The fourth-order valence-corrected chi connectivity index (χ4v) is 2.43. The fourth-order valence-electron chi connectivity index (χ4n) is 2.43. The van der Waals surface area contributed by atoms with Gasteiger partial charge in [0.2, 0.25) is 0 Å². The molecule has 1 amide bonds. The Kier molecular flexibility index (Phi) is 6.18. The van der Waals surface area contributed by atoms with E-state index in [1.807, 2.05) is 43.3 Å². The topological polar surface area (TPSA) is 47.6 Å². The number of methoxy groups -OCH3 is 2. The largest absolute Gasteiger partial charge is 0.496 e. The van der Waals surface area contributed by atoms with Crippen LogP contribution in [0.2, 0.25) is 0 Å². The van der Waals surface area contributed by atoms with Gasteiger partial charge in [-0.15, -0.1) is 0 Å². The zero-order valence-corrected chi connectivity index (χ0v) is 13.9. The molecule has 1 N–H and O–H groups in total. The Morgan fingerprint density at radius 2 is 1.83 bits per heavy atom. The maximum absolute atomic E-state index is 12.2. The van der Waals surface area contributed by atoms with E-state index >= 15 is 0 Å². The van der Waals surface area contributed by atoms with E-state index in [1.165, 1.54) is 5.56 Å². The van der Waals surface area contributed by atoms with Crippen LogP contribution in [0.25, 0.3) is 0 Å². The van der Waals surface area contributed by atoms with Crippen LogP contribution in [0.5, 0.6) is 5.75 Å². The molecular formula is C19H23NO3. The molecule has 0 aliphatic carbocycles. The zero-order valence-electron chi connectivity index (χ0n) is 13.9. The van der Waals surface area contributed by atoms with Gasteiger partial charge in [0.15, 0.2) is 0 Å². The van der Waals surface area contributed by atoms with Crippen molar-refractivity contribution >= 4 is 5.91 Å². The van der Waals surface area contributed by atoms with Gasteiger partial charge >= 0.3 is 0 Å². The molecule has 0 saturated heterocycles. The summed E-state index contributed by atoms with van der Waals surface area (Å²) in [5.41, 5.74) is 3.98. The highest BCUT2D eigenvalue weighted by molar-refractivity contribution is 5.94. The van der Waals surface area contributed by atoms with Crippen molar-refractivity contribution < 1.29 is 14.3 Å².